The van der Waals surface area contributed by atoms with Crippen LogP contribution in [0.1, 0.15) is 0 Å². The van der Waals surface area contributed by atoms with Crippen LogP contribution >= 0.6 is 0 Å². The zero-order valence-electron chi connectivity index (χ0n) is 6.61. The summed E-state index contributed by atoms with van der Waals surface area (Å²) in [5, 5.41) is 21.8. The summed E-state index contributed by atoms with van der Waals surface area (Å²) >= 11 is 0. The highest BCUT2D eigenvalue weighted by Crippen LogP contribution is 1.94. The van der Waals surface area contributed by atoms with Crippen LogP contribution in [0, 0.1) is 0 Å². The molecule has 1 aliphatic rings. The summed E-state index contributed by atoms with van der Waals surface area (Å²) in [5.41, 5.74) is 0. The van der Waals surface area contributed by atoms with Crippen LogP contribution < -0.4 is 5.32 Å². The Bertz CT molecular complexity index is 105. The van der Waals surface area contributed by atoms with Gasteiger partial charge < -0.3 is 10.2 Å². The van der Waals surface area contributed by atoms with E-state index in [1.807, 2.05) is 0 Å². The van der Waals surface area contributed by atoms with E-state index in [9.17, 15) is 0 Å². The zero-order chi connectivity index (χ0) is 8.10. The minimum Gasteiger partial charge on any atom is -0.394 e. The van der Waals surface area contributed by atoms with Crippen LogP contribution in [0.25, 0.3) is 0 Å². The molecule has 0 bridgehead atoms. The molecule has 0 aliphatic carbocycles. The van der Waals surface area contributed by atoms with Crippen LogP contribution in [-0.2, 0) is 0 Å². The first-order valence-corrected chi connectivity index (χ1v) is 3.97. The number of nitrogens with zero attached hydrogens (tertiary/aromatic N) is 2. The minimum atomic E-state index is -0.590. The van der Waals surface area contributed by atoms with E-state index in [1.54, 1.807) is 0 Å². The Labute approximate surface area is 66.8 Å². The van der Waals surface area contributed by atoms with E-state index in [1.165, 1.54) is 0 Å². The third-order valence-corrected chi connectivity index (χ3v) is 1.83. The Hall–Kier alpha value is -0.160. The molecule has 1 radical (unpaired) electrons. The van der Waals surface area contributed by atoms with Gasteiger partial charge in [-0.3, -0.25) is 4.90 Å². The molecule has 0 spiro atoms. The molecule has 1 atom stereocenters. The highest BCUT2D eigenvalue weighted by molar-refractivity contribution is 4.69. The fourth-order valence-electron chi connectivity index (χ4n) is 1.19. The molecule has 0 amide bonds. The first-order chi connectivity index (χ1) is 5.33. The molecular weight excluding hydrogens is 144 g/mol. The lowest BCUT2D eigenvalue weighted by molar-refractivity contribution is 0.0552. The molecular formula is C7H15N2O2. The van der Waals surface area contributed by atoms with E-state index < -0.39 is 6.10 Å². The van der Waals surface area contributed by atoms with Crippen molar-refractivity contribution in [3.05, 3.63) is 0 Å². The van der Waals surface area contributed by atoms with E-state index in [0.29, 0.717) is 6.54 Å². The van der Waals surface area contributed by atoms with E-state index in [-0.39, 0.29) is 6.61 Å². The second-order valence-electron chi connectivity index (χ2n) is 2.81. The Morgan fingerprint density at radius 1 is 1.36 bits per heavy atom. The van der Waals surface area contributed by atoms with Gasteiger partial charge in [-0.15, -0.1) is 0 Å². The number of piperazine rings is 1. The molecule has 4 nitrogen and oxygen atoms in total. The molecule has 0 aromatic heterocycles. The van der Waals surface area contributed by atoms with Crippen molar-refractivity contribution in [3.8, 4) is 0 Å². The molecule has 2 N–H and O–H groups in total. The topological polar surface area (TPSA) is 57.8 Å². The first kappa shape index (κ1) is 8.93. The lowest BCUT2D eigenvalue weighted by atomic mass is 10.3. The van der Waals surface area contributed by atoms with Gasteiger partial charge in [0.2, 0.25) is 0 Å². The molecule has 1 rings (SSSR count). The molecule has 0 aromatic carbocycles. The van der Waals surface area contributed by atoms with Crippen molar-refractivity contribution in [2.24, 2.45) is 0 Å². The van der Waals surface area contributed by atoms with Crippen molar-refractivity contribution < 1.29 is 10.2 Å². The number of aliphatic hydroxyl groups is 2. The van der Waals surface area contributed by atoms with Crippen molar-refractivity contribution in [1.82, 2.24) is 10.2 Å². The number of aliphatic hydroxyl groups excluding tert-OH is 2. The van der Waals surface area contributed by atoms with Gasteiger partial charge >= 0.3 is 0 Å². The quantitative estimate of drug-likeness (QED) is 0.514. The summed E-state index contributed by atoms with van der Waals surface area (Å²) in [7, 11) is 0. The largest absolute Gasteiger partial charge is 0.394 e. The third kappa shape index (κ3) is 3.16. The Morgan fingerprint density at radius 2 is 2.00 bits per heavy atom. The summed E-state index contributed by atoms with van der Waals surface area (Å²) in [6.07, 6.45) is -0.590. The van der Waals surface area contributed by atoms with Gasteiger partial charge in [0, 0.05) is 32.7 Å². The van der Waals surface area contributed by atoms with Crippen LogP contribution in [0.3, 0.4) is 0 Å². The molecule has 0 aromatic rings. The van der Waals surface area contributed by atoms with Gasteiger partial charge in [0.15, 0.2) is 0 Å². The maximum Gasteiger partial charge on any atom is 0.0897 e. The smallest absolute Gasteiger partial charge is 0.0897 e. The zero-order valence-corrected chi connectivity index (χ0v) is 6.61. The standard InChI is InChI=1S/C7H15N2O2/c10-6-7(11)5-9-3-1-8-2-4-9/h7,10-11H,1-6H2/t7-/m0/s1. The first-order valence-electron chi connectivity index (χ1n) is 3.97. The Balaban J connectivity index is 2.13. The van der Waals surface area contributed by atoms with Crippen LogP contribution in [0.5, 0.6) is 0 Å². The molecule has 11 heavy (non-hydrogen) atoms. The second-order valence-corrected chi connectivity index (χ2v) is 2.81. The van der Waals surface area contributed by atoms with Crippen molar-refractivity contribution in [2.45, 2.75) is 6.10 Å². The van der Waals surface area contributed by atoms with Crippen molar-refractivity contribution in [1.29, 1.82) is 0 Å². The predicted octanol–water partition coefficient (Wildman–Crippen LogP) is -1.74. The van der Waals surface area contributed by atoms with E-state index in [4.69, 9.17) is 10.2 Å². The summed E-state index contributed by atoms with van der Waals surface area (Å²) in [5.74, 6) is 0. The second kappa shape index (κ2) is 4.66. The normalized spacial score (nSPS) is 23.5. The third-order valence-electron chi connectivity index (χ3n) is 1.83. The van der Waals surface area contributed by atoms with Crippen LogP contribution in [0.2, 0.25) is 0 Å². The highest BCUT2D eigenvalue weighted by Gasteiger charge is 2.13. The van der Waals surface area contributed by atoms with Gasteiger partial charge in [0.1, 0.15) is 0 Å². The van der Waals surface area contributed by atoms with Gasteiger partial charge in [-0.1, -0.05) is 0 Å². The van der Waals surface area contributed by atoms with Gasteiger partial charge in [-0.05, 0) is 0 Å². The van der Waals surface area contributed by atoms with E-state index >= 15 is 0 Å². The molecule has 1 aliphatic heterocycles. The molecule has 0 saturated carbocycles. The lowest BCUT2D eigenvalue weighted by Crippen LogP contribution is -2.44. The Kier molecular flexibility index (Phi) is 3.79. The average molecular weight is 159 g/mol. The van der Waals surface area contributed by atoms with Gasteiger partial charge in [-0.25, -0.2) is 5.32 Å². The summed E-state index contributed by atoms with van der Waals surface area (Å²) in [6, 6.07) is 0. The summed E-state index contributed by atoms with van der Waals surface area (Å²) in [6.45, 7) is 3.98. The lowest BCUT2D eigenvalue weighted by Gasteiger charge is -2.27. The number of hydrogen-bond acceptors (Lipinski definition) is 3. The fourth-order valence-corrected chi connectivity index (χ4v) is 1.19. The van der Waals surface area contributed by atoms with Gasteiger partial charge in [-0.2, -0.15) is 0 Å². The van der Waals surface area contributed by atoms with Crippen LogP contribution in [0.15, 0.2) is 0 Å². The maximum atomic E-state index is 9.09. The van der Waals surface area contributed by atoms with Crippen molar-refractivity contribution in [3.63, 3.8) is 0 Å². The number of rotatable bonds is 3. The summed E-state index contributed by atoms with van der Waals surface area (Å²) in [4.78, 5) is 2.12. The monoisotopic (exact) mass is 159 g/mol. The molecule has 65 valence electrons. The van der Waals surface area contributed by atoms with E-state index in [0.717, 1.165) is 26.2 Å². The Morgan fingerprint density at radius 3 is 2.55 bits per heavy atom. The van der Waals surface area contributed by atoms with Gasteiger partial charge in [0.05, 0.1) is 12.7 Å². The minimum absolute atomic E-state index is 0.145. The average Bonchev–Trinajstić information content (AvgIpc) is 2.06. The van der Waals surface area contributed by atoms with Crippen molar-refractivity contribution >= 4 is 0 Å². The molecule has 1 heterocycles. The molecule has 1 fully saturated rings. The van der Waals surface area contributed by atoms with Crippen LogP contribution in [0.4, 0.5) is 0 Å². The SMILES string of the molecule is OC[C@@H](O)CN1CC[N]CC1. The van der Waals surface area contributed by atoms with Crippen LogP contribution in [-0.4, -0.2) is 60.5 Å². The number of β-amino-alcohol motifs (C(OH)–C–C–N with tert-alkyl or cyclic N) is 1. The number of hydrogen-bond donors (Lipinski definition) is 2. The van der Waals surface area contributed by atoms with E-state index in [2.05, 4.69) is 10.2 Å². The fraction of sp³-hybridized carbons (Fsp3) is 1.00. The highest BCUT2D eigenvalue weighted by atomic mass is 16.3. The predicted molar refractivity (Wildman–Crippen MR) is 41.4 cm³/mol. The van der Waals surface area contributed by atoms with Gasteiger partial charge in [0.25, 0.3) is 0 Å². The molecule has 4 heteroatoms. The molecule has 0 unspecified atom stereocenters. The molecule has 1 saturated heterocycles. The summed E-state index contributed by atoms with van der Waals surface area (Å²) < 4.78 is 0. The maximum absolute atomic E-state index is 9.09. The van der Waals surface area contributed by atoms with Crippen molar-refractivity contribution in [2.75, 3.05) is 39.3 Å².